The number of hydrogen-bond donors (Lipinski definition) is 0. The van der Waals surface area contributed by atoms with Crippen LogP contribution in [0.25, 0.3) is 0 Å². The third-order valence-electron chi connectivity index (χ3n) is 1.44. The van der Waals surface area contributed by atoms with E-state index < -0.39 is 27.2 Å². The molecule has 0 N–H and O–H groups in total. The van der Waals surface area contributed by atoms with Gasteiger partial charge in [-0.2, -0.15) is 0 Å². The maximum Gasteiger partial charge on any atom is 0.545 e. The fourth-order valence-electron chi connectivity index (χ4n) is 0.823. The number of ether oxygens (including phenoxy) is 1. The van der Waals surface area contributed by atoms with E-state index in [1.165, 1.54) is 0 Å². The first kappa shape index (κ1) is 10.6. The molecule has 0 unspecified atom stereocenters. The summed E-state index contributed by atoms with van der Waals surface area (Å²) in [6.07, 6.45) is 0. The average Bonchev–Trinajstić information content (AvgIpc) is 2.16. The second kappa shape index (κ2) is 3.69. The molecule has 1 aromatic rings. The number of methoxy groups -OCH3 is 1. The van der Waals surface area contributed by atoms with E-state index in [0.29, 0.717) is 6.07 Å². The smallest absolute Gasteiger partial charge is 0.545 e. The third-order valence-corrected chi connectivity index (χ3v) is 1.44. The van der Waals surface area contributed by atoms with Gasteiger partial charge in [0.15, 0.2) is 6.07 Å². The lowest BCUT2D eigenvalue weighted by Crippen LogP contribution is -2.34. The number of hydrogen-bond acceptors (Lipinski definition) is 7. The topological polar surface area (TPSA) is 135 Å². The molecule has 0 aromatic carbocycles. The highest BCUT2D eigenvalue weighted by Crippen LogP contribution is 2.24. The Morgan fingerprint density at radius 2 is 2.00 bits per heavy atom. The molecule has 10 nitrogen and oxygen atoms in total. The van der Waals surface area contributed by atoms with E-state index >= 15 is 0 Å². The van der Waals surface area contributed by atoms with Gasteiger partial charge in [0, 0.05) is 4.85 Å². The minimum atomic E-state index is -1.08. The van der Waals surface area contributed by atoms with Crippen molar-refractivity contribution in [2.45, 2.75) is 0 Å². The van der Waals surface area contributed by atoms with Crippen LogP contribution in [0.5, 0.6) is 5.88 Å². The molecule has 1 heterocycles. The summed E-state index contributed by atoms with van der Waals surface area (Å²) in [5, 5.41) is 34.6. The Morgan fingerprint density at radius 1 is 1.40 bits per heavy atom. The zero-order chi connectivity index (χ0) is 11.6. The average molecular weight is 216 g/mol. The van der Waals surface area contributed by atoms with Crippen molar-refractivity contribution in [2.24, 2.45) is 0 Å². The van der Waals surface area contributed by atoms with Crippen molar-refractivity contribution in [1.29, 1.82) is 0 Å². The van der Waals surface area contributed by atoms with Crippen LogP contribution in [0.4, 0.5) is 11.5 Å². The highest BCUT2D eigenvalue weighted by Gasteiger charge is 2.31. The molecule has 0 atom stereocenters. The largest absolute Gasteiger partial charge is 0.589 e. The van der Waals surface area contributed by atoms with Gasteiger partial charge in [0.2, 0.25) is 0 Å². The van der Waals surface area contributed by atoms with Gasteiger partial charge in [-0.1, -0.05) is 0 Å². The van der Waals surface area contributed by atoms with Gasteiger partial charge in [-0.3, -0.25) is 20.2 Å². The SMILES string of the molecule is COc1n[n+]([O-])c([N+](=O)[O-])cc1[N+](=O)[O-]. The molecule has 0 bridgehead atoms. The van der Waals surface area contributed by atoms with Crippen LogP contribution in [0.15, 0.2) is 6.07 Å². The summed E-state index contributed by atoms with van der Waals surface area (Å²) >= 11 is 0. The van der Waals surface area contributed by atoms with Crippen LogP contribution in [0.1, 0.15) is 0 Å². The zero-order valence-electron chi connectivity index (χ0n) is 7.32. The van der Waals surface area contributed by atoms with Gasteiger partial charge < -0.3 is 9.94 Å². The molecule has 15 heavy (non-hydrogen) atoms. The van der Waals surface area contributed by atoms with Crippen molar-refractivity contribution >= 4 is 11.5 Å². The van der Waals surface area contributed by atoms with Gasteiger partial charge in [-0.25, -0.2) is 0 Å². The van der Waals surface area contributed by atoms with Gasteiger partial charge in [0.25, 0.3) is 0 Å². The van der Waals surface area contributed by atoms with Crippen LogP contribution in [0.2, 0.25) is 0 Å². The third kappa shape index (κ3) is 1.87. The number of rotatable bonds is 3. The lowest BCUT2D eigenvalue weighted by atomic mass is 10.4. The first-order chi connectivity index (χ1) is 6.97. The van der Waals surface area contributed by atoms with Gasteiger partial charge in [-0.05, 0) is 0 Å². The minimum absolute atomic E-state index is 0.355. The van der Waals surface area contributed by atoms with Crippen LogP contribution in [-0.4, -0.2) is 22.1 Å². The van der Waals surface area contributed by atoms with Crippen molar-refractivity contribution in [3.8, 4) is 5.88 Å². The molecule has 1 rings (SSSR count). The van der Waals surface area contributed by atoms with Gasteiger partial charge in [-0.15, -0.1) is 0 Å². The Kier molecular flexibility index (Phi) is 2.60. The Bertz CT molecular complexity index is 432. The van der Waals surface area contributed by atoms with Crippen LogP contribution in [0.3, 0.4) is 0 Å². The van der Waals surface area contributed by atoms with E-state index in [9.17, 15) is 25.4 Å². The van der Waals surface area contributed by atoms with E-state index in [2.05, 4.69) is 9.84 Å². The normalized spacial score (nSPS) is 9.67. The van der Waals surface area contributed by atoms with E-state index in [1.54, 1.807) is 0 Å². The quantitative estimate of drug-likeness (QED) is 0.288. The molecule has 10 heteroatoms. The summed E-state index contributed by atoms with van der Waals surface area (Å²) in [5.74, 6) is -1.62. The van der Waals surface area contributed by atoms with E-state index in [1.807, 2.05) is 0 Å². The molecule has 1 aromatic heterocycles. The first-order valence-corrected chi connectivity index (χ1v) is 3.45. The highest BCUT2D eigenvalue weighted by atomic mass is 16.6. The maximum atomic E-state index is 10.9. The molecule has 0 aliphatic carbocycles. The monoisotopic (exact) mass is 216 g/mol. The molecular formula is C5H4N4O6. The summed E-state index contributed by atoms with van der Waals surface area (Å²) in [6.45, 7) is 0. The molecule has 0 fully saturated rings. The molecule has 0 spiro atoms. The van der Waals surface area contributed by atoms with Crippen molar-refractivity contribution in [3.05, 3.63) is 31.5 Å². The lowest BCUT2D eigenvalue weighted by Gasteiger charge is -1.98. The van der Waals surface area contributed by atoms with Crippen molar-refractivity contribution in [2.75, 3.05) is 7.11 Å². The van der Waals surface area contributed by atoms with E-state index in [0.717, 1.165) is 7.11 Å². The van der Waals surface area contributed by atoms with Gasteiger partial charge >= 0.3 is 17.4 Å². The van der Waals surface area contributed by atoms with Gasteiger partial charge in [0.05, 0.1) is 17.1 Å². The molecule has 80 valence electrons. The van der Waals surface area contributed by atoms with E-state index in [4.69, 9.17) is 0 Å². The second-order valence-corrected chi connectivity index (χ2v) is 2.28. The summed E-state index contributed by atoms with van der Waals surface area (Å²) in [6, 6.07) is 0.485. The predicted octanol–water partition coefficient (Wildman–Crippen LogP) is -0.460. The van der Waals surface area contributed by atoms with Crippen LogP contribution in [0, 0.1) is 25.4 Å². The molecule has 0 aliphatic rings. The Hall–Kier alpha value is -2.52. The summed E-state index contributed by atoms with van der Waals surface area (Å²) in [7, 11) is 1.06. The first-order valence-electron chi connectivity index (χ1n) is 3.45. The number of nitrogens with zero attached hydrogens (tertiary/aromatic N) is 4. The highest BCUT2D eigenvalue weighted by molar-refractivity contribution is 5.42. The molecule has 0 saturated carbocycles. The van der Waals surface area contributed by atoms with Crippen LogP contribution >= 0.6 is 0 Å². The molecule has 0 aliphatic heterocycles. The summed E-state index contributed by atoms with van der Waals surface area (Å²) in [5.41, 5.74) is -0.740. The molecule has 0 radical (unpaired) electrons. The minimum Gasteiger partial charge on any atom is -0.589 e. The summed E-state index contributed by atoms with van der Waals surface area (Å²) in [4.78, 5) is 18.3. The maximum absolute atomic E-state index is 10.9. The lowest BCUT2D eigenvalue weighted by molar-refractivity contribution is -0.714. The standard InChI is InChI=1S/C5H4N4O6/c1-15-5-3(8(11)12)2-4(9(13)14)7(10)6-5/h2H,1H3. The second-order valence-electron chi connectivity index (χ2n) is 2.28. The summed E-state index contributed by atoms with van der Waals surface area (Å²) < 4.78 is 4.43. The Balaban J connectivity index is 3.43. The fraction of sp³-hybridized carbons (Fsp3) is 0.200. The predicted molar refractivity (Wildman–Crippen MR) is 43.1 cm³/mol. The molecule has 0 saturated heterocycles. The van der Waals surface area contributed by atoms with Crippen LogP contribution in [-0.2, 0) is 0 Å². The Morgan fingerprint density at radius 3 is 2.40 bits per heavy atom. The van der Waals surface area contributed by atoms with Crippen molar-refractivity contribution in [3.63, 3.8) is 0 Å². The van der Waals surface area contributed by atoms with Crippen molar-refractivity contribution < 1.29 is 19.4 Å². The molecule has 0 amide bonds. The number of aromatic nitrogens is 2. The van der Waals surface area contributed by atoms with Crippen molar-refractivity contribution in [1.82, 2.24) is 5.10 Å². The van der Waals surface area contributed by atoms with Crippen LogP contribution < -0.4 is 9.58 Å². The number of nitro groups is 2. The zero-order valence-corrected chi connectivity index (χ0v) is 7.32. The fourth-order valence-corrected chi connectivity index (χ4v) is 0.823. The van der Waals surface area contributed by atoms with E-state index in [-0.39, 0.29) is 4.85 Å². The van der Waals surface area contributed by atoms with Gasteiger partial charge in [0.1, 0.15) is 4.92 Å². The molecular weight excluding hydrogens is 212 g/mol. The Labute approximate surface area is 81.6 Å².